The molecule has 1 aromatic carbocycles. The zero-order valence-electron chi connectivity index (χ0n) is 8.49. The minimum absolute atomic E-state index is 0.305. The van der Waals surface area contributed by atoms with Crippen LogP contribution in [0.15, 0.2) is 24.3 Å². The van der Waals surface area contributed by atoms with Crippen LogP contribution in [-0.4, -0.2) is 25.4 Å². The molecule has 0 heterocycles. The zero-order chi connectivity index (χ0) is 10.2. The Morgan fingerprint density at radius 1 is 1.29 bits per heavy atom. The van der Waals surface area contributed by atoms with Gasteiger partial charge in [-0.05, 0) is 25.0 Å². The van der Waals surface area contributed by atoms with Crippen molar-refractivity contribution in [1.29, 1.82) is 0 Å². The van der Waals surface area contributed by atoms with Crippen LogP contribution in [0.5, 0.6) is 5.75 Å². The molecular weight excluding hydrogens is 178 g/mol. The number of hydrogen-bond donors (Lipinski definition) is 2. The molecular formula is C11H17NO2. The van der Waals surface area contributed by atoms with E-state index in [0.29, 0.717) is 5.75 Å². The number of aromatic hydroxyl groups is 1. The molecule has 0 fully saturated rings. The first-order valence-electron chi connectivity index (χ1n) is 4.85. The maximum atomic E-state index is 9.43. The number of methoxy groups -OCH3 is 1. The van der Waals surface area contributed by atoms with Crippen molar-refractivity contribution in [1.82, 2.24) is 0 Å². The molecule has 0 unspecified atom stereocenters. The first-order chi connectivity index (χ1) is 6.84. The van der Waals surface area contributed by atoms with Gasteiger partial charge in [-0.15, -0.1) is 0 Å². The lowest BCUT2D eigenvalue weighted by atomic mass is 10.2. The molecule has 1 rings (SSSR count). The van der Waals surface area contributed by atoms with Crippen LogP contribution in [0.4, 0.5) is 5.69 Å². The standard InChI is InChI=1S/C11H17NO2/c1-14-9-5-4-8-12-10-6-2-3-7-11(10)13/h2-3,6-7,12-13H,4-5,8-9H2,1H3. The molecule has 0 saturated heterocycles. The molecule has 0 aliphatic heterocycles. The van der Waals surface area contributed by atoms with Gasteiger partial charge in [-0.25, -0.2) is 0 Å². The molecule has 2 N–H and O–H groups in total. The van der Waals surface area contributed by atoms with E-state index in [9.17, 15) is 5.11 Å². The number of phenolic OH excluding ortho intramolecular Hbond substituents is 1. The summed E-state index contributed by atoms with van der Waals surface area (Å²) in [5.41, 5.74) is 0.796. The molecule has 0 saturated carbocycles. The monoisotopic (exact) mass is 195 g/mol. The maximum Gasteiger partial charge on any atom is 0.138 e. The molecule has 3 heteroatoms. The number of phenols is 1. The van der Waals surface area contributed by atoms with Crippen LogP contribution in [0, 0.1) is 0 Å². The Bertz CT molecular complexity index is 263. The van der Waals surface area contributed by atoms with E-state index in [1.807, 2.05) is 18.2 Å². The van der Waals surface area contributed by atoms with Gasteiger partial charge in [0.1, 0.15) is 5.75 Å². The zero-order valence-corrected chi connectivity index (χ0v) is 8.49. The van der Waals surface area contributed by atoms with Crippen molar-refractivity contribution < 1.29 is 9.84 Å². The lowest BCUT2D eigenvalue weighted by molar-refractivity contribution is 0.194. The average Bonchev–Trinajstić information content (AvgIpc) is 2.20. The van der Waals surface area contributed by atoms with Crippen molar-refractivity contribution in [3.05, 3.63) is 24.3 Å². The Morgan fingerprint density at radius 2 is 2.07 bits per heavy atom. The summed E-state index contributed by atoms with van der Waals surface area (Å²) in [6, 6.07) is 7.26. The Labute approximate surface area is 84.7 Å². The van der Waals surface area contributed by atoms with Gasteiger partial charge in [-0.3, -0.25) is 0 Å². The van der Waals surface area contributed by atoms with Gasteiger partial charge in [0.05, 0.1) is 5.69 Å². The predicted octanol–water partition coefficient (Wildman–Crippen LogP) is 2.23. The van der Waals surface area contributed by atoms with E-state index in [1.54, 1.807) is 13.2 Å². The number of hydrogen-bond acceptors (Lipinski definition) is 3. The van der Waals surface area contributed by atoms with Crippen molar-refractivity contribution in [2.75, 3.05) is 25.6 Å². The second-order valence-electron chi connectivity index (χ2n) is 3.14. The smallest absolute Gasteiger partial charge is 0.138 e. The number of unbranched alkanes of at least 4 members (excludes halogenated alkanes) is 1. The average molecular weight is 195 g/mol. The molecule has 0 aromatic heterocycles. The van der Waals surface area contributed by atoms with Crippen molar-refractivity contribution in [3.8, 4) is 5.75 Å². The van der Waals surface area contributed by atoms with Crippen LogP contribution in [-0.2, 0) is 4.74 Å². The number of nitrogens with one attached hydrogen (secondary N) is 1. The van der Waals surface area contributed by atoms with E-state index in [4.69, 9.17) is 4.74 Å². The van der Waals surface area contributed by atoms with Crippen LogP contribution in [0.1, 0.15) is 12.8 Å². The summed E-state index contributed by atoms with van der Waals surface area (Å²) in [6.45, 7) is 1.66. The third-order valence-corrected chi connectivity index (χ3v) is 1.99. The lowest BCUT2D eigenvalue weighted by Crippen LogP contribution is -2.02. The Balaban J connectivity index is 2.21. The highest BCUT2D eigenvalue weighted by Gasteiger charge is 1.96. The fourth-order valence-electron chi connectivity index (χ4n) is 1.22. The SMILES string of the molecule is COCCCCNc1ccccc1O. The Morgan fingerprint density at radius 3 is 2.79 bits per heavy atom. The summed E-state index contributed by atoms with van der Waals surface area (Å²) in [5, 5.41) is 12.6. The molecule has 0 amide bonds. The Kier molecular flexibility index (Phi) is 4.86. The number of ether oxygens (including phenoxy) is 1. The molecule has 0 aliphatic carbocycles. The molecule has 0 radical (unpaired) electrons. The van der Waals surface area contributed by atoms with Gasteiger partial charge in [0.25, 0.3) is 0 Å². The van der Waals surface area contributed by atoms with Crippen LogP contribution in [0.3, 0.4) is 0 Å². The van der Waals surface area contributed by atoms with E-state index in [2.05, 4.69) is 5.32 Å². The summed E-state index contributed by atoms with van der Waals surface area (Å²) in [6.07, 6.45) is 2.08. The number of benzene rings is 1. The topological polar surface area (TPSA) is 41.5 Å². The molecule has 78 valence electrons. The molecule has 0 spiro atoms. The highest BCUT2D eigenvalue weighted by molar-refractivity contribution is 5.54. The summed E-state index contributed by atoms with van der Waals surface area (Å²) in [4.78, 5) is 0. The van der Waals surface area contributed by atoms with Gasteiger partial charge in [-0.2, -0.15) is 0 Å². The second kappa shape index (κ2) is 6.27. The second-order valence-corrected chi connectivity index (χ2v) is 3.14. The lowest BCUT2D eigenvalue weighted by Gasteiger charge is -2.07. The van der Waals surface area contributed by atoms with E-state index in [1.165, 1.54) is 0 Å². The first kappa shape index (κ1) is 10.9. The fraction of sp³-hybridized carbons (Fsp3) is 0.455. The molecule has 14 heavy (non-hydrogen) atoms. The van der Waals surface area contributed by atoms with E-state index in [-0.39, 0.29) is 0 Å². The highest BCUT2D eigenvalue weighted by atomic mass is 16.5. The third-order valence-electron chi connectivity index (χ3n) is 1.99. The van der Waals surface area contributed by atoms with Crippen molar-refractivity contribution in [2.45, 2.75) is 12.8 Å². The first-order valence-corrected chi connectivity index (χ1v) is 4.85. The number of para-hydroxylation sites is 2. The summed E-state index contributed by atoms with van der Waals surface area (Å²) in [5.74, 6) is 0.305. The van der Waals surface area contributed by atoms with Crippen molar-refractivity contribution >= 4 is 5.69 Å². The van der Waals surface area contributed by atoms with Gasteiger partial charge in [0.15, 0.2) is 0 Å². The quantitative estimate of drug-likeness (QED) is 0.540. The van der Waals surface area contributed by atoms with E-state index >= 15 is 0 Å². The van der Waals surface area contributed by atoms with Crippen molar-refractivity contribution in [2.24, 2.45) is 0 Å². The molecule has 0 atom stereocenters. The summed E-state index contributed by atoms with van der Waals surface area (Å²) in [7, 11) is 1.70. The summed E-state index contributed by atoms with van der Waals surface area (Å²) < 4.78 is 4.94. The van der Waals surface area contributed by atoms with Crippen LogP contribution in [0.25, 0.3) is 0 Å². The number of rotatable bonds is 6. The van der Waals surface area contributed by atoms with Crippen LogP contribution >= 0.6 is 0 Å². The van der Waals surface area contributed by atoms with E-state index in [0.717, 1.165) is 31.7 Å². The predicted molar refractivity (Wildman–Crippen MR) is 57.7 cm³/mol. The molecule has 0 aliphatic rings. The minimum Gasteiger partial charge on any atom is -0.506 e. The van der Waals surface area contributed by atoms with Gasteiger partial charge in [-0.1, -0.05) is 12.1 Å². The van der Waals surface area contributed by atoms with Gasteiger partial charge in [0, 0.05) is 20.3 Å². The van der Waals surface area contributed by atoms with E-state index < -0.39 is 0 Å². The molecule has 3 nitrogen and oxygen atoms in total. The van der Waals surface area contributed by atoms with Crippen LogP contribution < -0.4 is 5.32 Å². The third kappa shape index (κ3) is 3.66. The molecule has 0 bridgehead atoms. The van der Waals surface area contributed by atoms with Gasteiger partial charge < -0.3 is 15.2 Å². The number of anilines is 1. The van der Waals surface area contributed by atoms with Crippen molar-refractivity contribution in [3.63, 3.8) is 0 Å². The fourth-order valence-corrected chi connectivity index (χ4v) is 1.22. The highest BCUT2D eigenvalue weighted by Crippen LogP contribution is 2.21. The molecule has 1 aromatic rings. The largest absolute Gasteiger partial charge is 0.506 e. The summed E-state index contributed by atoms with van der Waals surface area (Å²) >= 11 is 0. The van der Waals surface area contributed by atoms with Gasteiger partial charge in [0.2, 0.25) is 0 Å². The van der Waals surface area contributed by atoms with Gasteiger partial charge >= 0.3 is 0 Å². The minimum atomic E-state index is 0.305. The maximum absolute atomic E-state index is 9.43. The Hall–Kier alpha value is -1.22. The normalized spacial score (nSPS) is 10.1. The van der Waals surface area contributed by atoms with Crippen LogP contribution in [0.2, 0.25) is 0 Å².